The molecule has 5 heteroatoms. The Morgan fingerprint density at radius 3 is 2.90 bits per heavy atom. The minimum atomic E-state index is 0.649. The van der Waals surface area contributed by atoms with Crippen molar-refractivity contribution in [3.05, 3.63) is 47.0 Å². The van der Waals surface area contributed by atoms with Crippen molar-refractivity contribution in [1.82, 2.24) is 9.55 Å². The average Bonchev–Trinajstić information content (AvgIpc) is 2.84. The smallest absolute Gasteiger partial charge is 0.105 e. The van der Waals surface area contributed by atoms with Gasteiger partial charge < -0.3 is 9.47 Å². The van der Waals surface area contributed by atoms with Crippen LogP contribution in [-0.2, 0) is 6.54 Å². The Bertz CT molecular complexity index is 627. The SMILES string of the molecule is Cc1nccn1CCCN(C)c1cc(Cl)ccc1C#N. The zero-order valence-corrected chi connectivity index (χ0v) is 12.4. The Labute approximate surface area is 124 Å². The van der Waals surface area contributed by atoms with Crippen molar-refractivity contribution >= 4 is 17.3 Å². The number of benzene rings is 1. The molecule has 0 aliphatic heterocycles. The monoisotopic (exact) mass is 288 g/mol. The first-order chi connectivity index (χ1) is 9.61. The van der Waals surface area contributed by atoms with Gasteiger partial charge in [0, 0.05) is 37.6 Å². The molecule has 0 aliphatic rings. The van der Waals surface area contributed by atoms with Crippen LogP contribution in [0.4, 0.5) is 5.69 Å². The van der Waals surface area contributed by atoms with E-state index in [0.29, 0.717) is 10.6 Å². The molecule has 1 heterocycles. The van der Waals surface area contributed by atoms with Crippen molar-refractivity contribution in [2.24, 2.45) is 0 Å². The van der Waals surface area contributed by atoms with Gasteiger partial charge in [-0.15, -0.1) is 0 Å². The van der Waals surface area contributed by atoms with Gasteiger partial charge in [0.05, 0.1) is 11.3 Å². The van der Waals surface area contributed by atoms with Crippen molar-refractivity contribution < 1.29 is 0 Å². The molecular formula is C15H17ClN4. The number of aromatic nitrogens is 2. The van der Waals surface area contributed by atoms with Crippen molar-refractivity contribution in [3.63, 3.8) is 0 Å². The molecule has 0 aliphatic carbocycles. The number of aryl methyl sites for hydroxylation is 2. The number of anilines is 1. The van der Waals surface area contributed by atoms with Crippen LogP contribution in [-0.4, -0.2) is 23.1 Å². The second kappa shape index (κ2) is 6.44. The third-order valence-corrected chi connectivity index (χ3v) is 3.54. The molecule has 4 nitrogen and oxygen atoms in total. The number of hydrogen-bond donors (Lipinski definition) is 0. The number of imidazole rings is 1. The minimum Gasteiger partial charge on any atom is -0.373 e. The van der Waals surface area contributed by atoms with Crippen LogP contribution in [0.25, 0.3) is 0 Å². The highest BCUT2D eigenvalue weighted by Crippen LogP contribution is 2.23. The van der Waals surface area contributed by atoms with Gasteiger partial charge in [0.15, 0.2) is 0 Å². The second-order valence-corrected chi connectivity index (χ2v) is 5.15. The fourth-order valence-electron chi connectivity index (χ4n) is 2.15. The Kier molecular flexibility index (Phi) is 4.65. The van der Waals surface area contributed by atoms with Crippen LogP contribution in [0.1, 0.15) is 17.8 Å². The molecule has 0 bridgehead atoms. The first-order valence-electron chi connectivity index (χ1n) is 6.50. The van der Waals surface area contributed by atoms with E-state index in [1.807, 2.05) is 32.4 Å². The molecule has 0 radical (unpaired) electrons. The maximum Gasteiger partial charge on any atom is 0.105 e. The van der Waals surface area contributed by atoms with Gasteiger partial charge in [-0.1, -0.05) is 11.6 Å². The lowest BCUT2D eigenvalue weighted by atomic mass is 10.1. The van der Waals surface area contributed by atoms with Crippen molar-refractivity contribution in [1.29, 1.82) is 5.26 Å². The maximum atomic E-state index is 9.14. The lowest BCUT2D eigenvalue weighted by Gasteiger charge is -2.21. The van der Waals surface area contributed by atoms with Gasteiger partial charge in [0.25, 0.3) is 0 Å². The molecule has 0 saturated carbocycles. The molecule has 0 unspecified atom stereocenters. The highest BCUT2D eigenvalue weighted by Gasteiger charge is 2.08. The van der Waals surface area contributed by atoms with Gasteiger partial charge in [0.1, 0.15) is 11.9 Å². The predicted octanol–water partition coefficient (Wildman–Crippen LogP) is 3.24. The Morgan fingerprint density at radius 1 is 1.45 bits per heavy atom. The molecule has 0 saturated heterocycles. The normalized spacial score (nSPS) is 10.3. The topological polar surface area (TPSA) is 44.9 Å². The Hall–Kier alpha value is -1.99. The first-order valence-corrected chi connectivity index (χ1v) is 6.88. The standard InChI is InChI=1S/C15H17ClN4/c1-12-18-6-9-20(12)8-3-7-19(2)15-10-14(16)5-4-13(15)11-17/h4-6,9-10H,3,7-8H2,1-2H3. The lowest BCUT2D eigenvalue weighted by Crippen LogP contribution is -2.21. The average molecular weight is 289 g/mol. The predicted molar refractivity (Wildman–Crippen MR) is 81.0 cm³/mol. The van der Waals surface area contributed by atoms with Crippen LogP contribution >= 0.6 is 11.6 Å². The fourth-order valence-corrected chi connectivity index (χ4v) is 2.32. The van der Waals surface area contributed by atoms with Crippen molar-refractivity contribution in [2.45, 2.75) is 19.9 Å². The largest absolute Gasteiger partial charge is 0.373 e. The third-order valence-electron chi connectivity index (χ3n) is 3.31. The van der Waals surface area contributed by atoms with Gasteiger partial charge >= 0.3 is 0 Å². The van der Waals surface area contributed by atoms with E-state index in [-0.39, 0.29) is 0 Å². The molecule has 2 rings (SSSR count). The summed E-state index contributed by atoms with van der Waals surface area (Å²) in [7, 11) is 1.98. The summed E-state index contributed by atoms with van der Waals surface area (Å²) in [5.74, 6) is 1.02. The number of halogens is 1. The van der Waals surface area contributed by atoms with Crippen LogP contribution in [0.2, 0.25) is 5.02 Å². The van der Waals surface area contributed by atoms with Gasteiger partial charge in [0.2, 0.25) is 0 Å². The molecular weight excluding hydrogens is 272 g/mol. The van der Waals surface area contributed by atoms with Gasteiger partial charge in [-0.05, 0) is 31.5 Å². The quantitative estimate of drug-likeness (QED) is 0.848. The van der Waals surface area contributed by atoms with Gasteiger partial charge in [-0.25, -0.2) is 4.98 Å². The van der Waals surface area contributed by atoms with E-state index >= 15 is 0 Å². The number of rotatable bonds is 5. The summed E-state index contributed by atoms with van der Waals surface area (Å²) in [6, 6.07) is 7.54. The molecule has 20 heavy (non-hydrogen) atoms. The summed E-state index contributed by atoms with van der Waals surface area (Å²) in [6.45, 7) is 3.76. The summed E-state index contributed by atoms with van der Waals surface area (Å²) in [5, 5.41) is 9.79. The minimum absolute atomic E-state index is 0.649. The molecule has 0 spiro atoms. The Morgan fingerprint density at radius 2 is 2.25 bits per heavy atom. The summed E-state index contributed by atoms with van der Waals surface area (Å²) in [6.07, 6.45) is 4.77. The van der Waals surface area contributed by atoms with E-state index in [1.165, 1.54) is 0 Å². The van der Waals surface area contributed by atoms with Crippen LogP contribution in [0.3, 0.4) is 0 Å². The highest BCUT2D eigenvalue weighted by atomic mass is 35.5. The third kappa shape index (κ3) is 3.31. The summed E-state index contributed by atoms with van der Waals surface area (Å²) in [4.78, 5) is 6.27. The molecule has 2 aromatic rings. The van der Waals surface area contributed by atoms with Gasteiger partial charge in [-0.2, -0.15) is 5.26 Å². The zero-order chi connectivity index (χ0) is 14.5. The van der Waals surface area contributed by atoms with Crippen LogP contribution in [0, 0.1) is 18.3 Å². The zero-order valence-electron chi connectivity index (χ0n) is 11.7. The van der Waals surface area contributed by atoms with E-state index in [4.69, 9.17) is 16.9 Å². The maximum absolute atomic E-state index is 9.14. The molecule has 0 atom stereocenters. The summed E-state index contributed by atoms with van der Waals surface area (Å²) >= 11 is 6.01. The van der Waals surface area contributed by atoms with E-state index < -0.39 is 0 Å². The molecule has 0 N–H and O–H groups in total. The van der Waals surface area contributed by atoms with Crippen molar-refractivity contribution in [3.8, 4) is 6.07 Å². The summed E-state index contributed by atoms with van der Waals surface area (Å²) < 4.78 is 2.12. The van der Waals surface area contributed by atoms with Gasteiger partial charge in [-0.3, -0.25) is 0 Å². The molecule has 104 valence electrons. The Balaban J connectivity index is 1.98. The number of nitrogens with zero attached hydrogens (tertiary/aromatic N) is 4. The van der Waals surface area contributed by atoms with Crippen LogP contribution < -0.4 is 4.90 Å². The van der Waals surface area contributed by atoms with Crippen molar-refractivity contribution in [2.75, 3.05) is 18.5 Å². The molecule has 1 aromatic heterocycles. The van der Waals surface area contributed by atoms with Crippen LogP contribution in [0.15, 0.2) is 30.6 Å². The number of nitriles is 1. The molecule has 1 aromatic carbocycles. The van der Waals surface area contributed by atoms with E-state index in [0.717, 1.165) is 31.0 Å². The van der Waals surface area contributed by atoms with E-state index in [2.05, 4.69) is 20.5 Å². The molecule has 0 fully saturated rings. The second-order valence-electron chi connectivity index (χ2n) is 4.72. The molecule has 0 amide bonds. The highest BCUT2D eigenvalue weighted by molar-refractivity contribution is 6.30. The van der Waals surface area contributed by atoms with Crippen LogP contribution in [0.5, 0.6) is 0 Å². The summed E-state index contributed by atoms with van der Waals surface area (Å²) in [5.41, 5.74) is 1.53. The number of hydrogen-bond acceptors (Lipinski definition) is 3. The first kappa shape index (κ1) is 14.4. The van der Waals surface area contributed by atoms with E-state index in [9.17, 15) is 0 Å². The van der Waals surface area contributed by atoms with E-state index in [1.54, 1.807) is 12.1 Å². The lowest BCUT2D eigenvalue weighted by molar-refractivity contribution is 0.622. The fraction of sp³-hybridized carbons (Fsp3) is 0.333.